The average Bonchev–Trinajstić information content (AvgIpc) is 2.67. The number of halogens is 3. The van der Waals surface area contributed by atoms with E-state index < -0.39 is 12.6 Å². The van der Waals surface area contributed by atoms with Crippen molar-refractivity contribution in [3.05, 3.63) is 0 Å². The van der Waals surface area contributed by atoms with Crippen LogP contribution in [-0.2, 0) is 4.74 Å². The van der Waals surface area contributed by atoms with Crippen molar-refractivity contribution >= 4 is 0 Å². The Balaban J connectivity index is 2.13. The summed E-state index contributed by atoms with van der Waals surface area (Å²) in [6, 6.07) is 0.450. The molecule has 1 saturated heterocycles. The first-order valence-electron chi connectivity index (χ1n) is 6.29. The highest BCUT2D eigenvalue weighted by atomic mass is 19.4. The van der Waals surface area contributed by atoms with Gasteiger partial charge < -0.3 is 10.1 Å². The SMILES string of the molecule is CC(CCCC(F)(F)F)NC(C)C1CCOC1. The first kappa shape index (κ1) is 14.8. The maximum atomic E-state index is 12.0. The minimum Gasteiger partial charge on any atom is -0.381 e. The fourth-order valence-electron chi connectivity index (χ4n) is 2.22. The number of rotatable bonds is 6. The van der Waals surface area contributed by atoms with Crippen LogP contribution in [0.3, 0.4) is 0 Å². The van der Waals surface area contributed by atoms with Gasteiger partial charge in [0.05, 0.1) is 6.61 Å². The number of hydrogen-bond acceptors (Lipinski definition) is 2. The molecule has 1 aliphatic rings. The third kappa shape index (κ3) is 6.27. The minimum atomic E-state index is -4.02. The van der Waals surface area contributed by atoms with Crippen LogP contribution in [0.4, 0.5) is 13.2 Å². The molecule has 0 aromatic carbocycles. The Hall–Kier alpha value is -0.290. The van der Waals surface area contributed by atoms with Crippen LogP contribution in [-0.4, -0.2) is 31.5 Å². The minimum absolute atomic E-state index is 0.132. The lowest BCUT2D eigenvalue weighted by molar-refractivity contribution is -0.135. The Morgan fingerprint density at radius 2 is 2.06 bits per heavy atom. The topological polar surface area (TPSA) is 21.3 Å². The quantitative estimate of drug-likeness (QED) is 0.785. The van der Waals surface area contributed by atoms with E-state index in [1.54, 1.807) is 0 Å². The molecule has 0 bridgehead atoms. The molecule has 102 valence electrons. The summed E-state index contributed by atoms with van der Waals surface area (Å²) in [5.74, 6) is 0.500. The molecule has 3 unspecified atom stereocenters. The molecule has 3 atom stereocenters. The molecule has 2 nitrogen and oxygen atoms in total. The first-order chi connectivity index (χ1) is 7.88. The average molecular weight is 253 g/mol. The second-order valence-corrected chi connectivity index (χ2v) is 4.99. The van der Waals surface area contributed by atoms with Crippen molar-refractivity contribution < 1.29 is 17.9 Å². The standard InChI is InChI=1S/C12H22F3NO/c1-9(4-3-6-12(13,14)15)16-10(2)11-5-7-17-8-11/h9-11,16H,3-8H2,1-2H3. The molecular weight excluding hydrogens is 231 g/mol. The zero-order valence-electron chi connectivity index (χ0n) is 10.5. The van der Waals surface area contributed by atoms with Gasteiger partial charge in [-0.05, 0) is 39.0 Å². The van der Waals surface area contributed by atoms with Crippen LogP contribution in [0.2, 0.25) is 0 Å². The van der Waals surface area contributed by atoms with E-state index in [9.17, 15) is 13.2 Å². The summed E-state index contributed by atoms with van der Waals surface area (Å²) >= 11 is 0. The molecule has 0 saturated carbocycles. The second kappa shape index (κ2) is 6.59. The lowest BCUT2D eigenvalue weighted by atomic mass is 9.99. The Morgan fingerprint density at radius 1 is 1.35 bits per heavy atom. The van der Waals surface area contributed by atoms with Gasteiger partial charge in [-0.1, -0.05) is 0 Å². The second-order valence-electron chi connectivity index (χ2n) is 4.99. The molecule has 0 aliphatic carbocycles. The summed E-state index contributed by atoms with van der Waals surface area (Å²) in [6.07, 6.45) is -2.89. The highest BCUT2D eigenvalue weighted by Gasteiger charge is 2.27. The zero-order chi connectivity index (χ0) is 12.9. The molecule has 0 aromatic rings. The van der Waals surface area contributed by atoms with E-state index in [1.807, 2.05) is 6.92 Å². The monoisotopic (exact) mass is 253 g/mol. The third-order valence-corrected chi connectivity index (χ3v) is 3.32. The van der Waals surface area contributed by atoms with Crippen molar-refractivity contribution in [3.8, 4) is 0 Å². The number of hydrogen-bond donors (Lipinski definition) is 1. The van der Waals surface area contributed by atoms with Crippen molar-refractivity contribution in [2.75, 3.05) is 13.2 Å². The van der Waals surface area contributed by atoms with Crippen molar-refractivity contribution in [2.24, 2.45) is 5.92 Å². The summed E-state index contributed by atoms with van der Waals surface area (Å²) in [5.41, 5.74) is 0. The normalized spacial score (nSPS) is 24.9. The predicted octanol–water partition coefficient (Wildman–Crippen LogP) is 3.12. The van der Waals surface area contributed by atoms with E-state index in [2.05, 4.69) is 12.2 Å². The Kier molecular flexibility index (Phi) is 5.73. The molecule has 0 spiro atoms. The third-order valence-electron chi connectivity index (χ3n) is 3.32. The molecular formula is C12H22F3NO. The van der Waals surface area contributed by atoms with E-state index in [-0.39, 0.29) is 12.5 Å². The number of alkyl halides is 3. The fourth-order valence-corrected chi connectivity index (χ4v) is 2.22. The van der Waals surface area contributed by atoms with Crippen LogP contribution in [0.15, 0.2) is 0 Å². The number of ether oxygens (including phenoxy) is 1. The van der Waals surface area contributed by atoms with E-state index in [0.29, 0.717) is 18.4 Å². The van der Waals surface area contributed by atoms with Crippen LogP contribution < -0.4 is 5.32 Å². The van der Waals surface area contributed by atoms with Gasteiger partial charge in [-0.3, -0.25) is 0 Å². The Bertz CT molecular complexity index is 214. The fraction of sp³-hybridized carbons (Fsp3) is 1.00. The number of nitrogens with one attached hydrogen (secondary N) is 1. The van der Waals surface area contributed by atoms with Crippen LogP contribution in [0, 0.1) is 5.92 Å². The van der Waals surface area contributed by atoms with Gasteiger partial charge in [0.1, 0.15) is 0 Å². The van der Waals surface area contributed by atoms with Crippen LogP contribution in [0.5, 0.6) is 0 Å². The molecule has 1 aliphatic heterocycles. The van der Waals surface area contributed by atoms with E-state index >= 15 is 0 Å². The van der Waals surface area contributed by atoms with Crippen LogP contribution in [0.1, 0.15) is 39.5 Å². The highest BCUT2D eigenvalue weighted by molar-refractivity contribution is 4.78. The molecule has 0 amide bonds. The molecule has 1 rings (SSSR count). The van der Waals surface area contributed by atoms with Gasteiger partial charge in [-0.2, -0.15) is 13.2 Å². The summed E-state index contributed by atoms with van der Waals surface area (Å²) in [7, 11) is 0. The molecule has 0 radical (unpaired) electrons. The first-order valence-corrected chi connectivity index (χ1v) is 6.29. The van der Waals surface area contributed by atoms with Gasteiger partial charge in [0.15, 0.2) is 0 Å². The van der Waals surface area contributed by atoms with E-state index in [1.165, 1.54) is 0 Å². The van der Waals surface area contributed by atoms with Crippen molar-refractivity contribution in [2.45, 2.75) is 57.8 Å². The van der Waals surface area contributed by atoms with E-state index in [0.717, 1.165) is 19.6 Å². The van der Waals surface area contributed by atoms with Crippen LogP contribution in [0.25, 0.3) is 0 Å². The molecule has 5 heteroatoms. The maximum Gasteiger partial charge on any atom is 0.389 e. The largest absolute Gasteiger partial charge is 0.389 e. The van der Waals surface area contributed by atoms with Gasteiger partial charge in [-0.15, -0.1) is 0 Å². The summed E-state index contributed by atoms with van der Waals surface area (Å²) in [4.78, 5) is 0. The Labute approximate surface area is 101 Å². The van der Waals surface area contributed by atoms with Crippen molar-refractivity contribution in [1.29, 1.82) is 0 Å². The van der Waals surface area contributed by atoms with Crippen molar-refractivity contribution in [3.63, 3.8) is 0 Å². The van der Waals surface area contributed by atoms with Gasteiger partial charge in [0.25, 0.3) is 0 Å². The van der Waals surface area contributed by atoms with Crippen molar-refractivity contribution in [1.82, 2.24) is 5.32 Å². The summed E-state index contributed by atoms with van der Waals surface area (Å²) < 4.78 is 41.2. The Morgan fingerprint density at radius 3 is 2.59 bits per heavy atom. The summed E-state index contributed by atoms with van der Waals surface area (Å²) in [5, 5.41) is 3.36. The van der Waals surface area contributed by atoms with Gasteiger partial charge in [0.2, 0.25) is 0 Å². The van der Waals surface area contributed by atoms with Gasteiger partial charge in [0, 0.05) is 25.1 Å². The van der Waals surface area contributed by atoms with E-state index in [4.69, 9.17) is 4.74 Å². The molecule has 1 fully saturated rings. The zero-order valence-corrected chi connectivity index (χ0v) is 10.5. The van der Waals surface area contributed by atoms with Gasteiger partial charge in [-0.25, -0.2) is 0 Å². The molecule has 1 heterocycles. The maximum absolute atomic E-state index is 12.0. The highest BCUT2D eigenvalue weighted by Crippen LogP contribution is 2.23. The molecule has 0 aromatic heterocycles. The molecule has 17 heavy (non-hydrogen) atoms. The smallest absolute Gasteiger partial charge is 0.381 e. The van der Waals surface area contributed by atoms with Gasteiger partial charge >= 0.3 is 6.18 Å². The lowest BCUT2D eigenvalue weighted by Gasteiger charge is -2.24. The van der Waals surface area contributed by atoms with Crippen LogP contribution >= 0.6 is 0 Å². The lowest BCUT2D eigenvalue weighted by Crippen LogP contribution is -2.39. The molecule has 1 N–H and O–H groups in total. The summed E-state index contributed by atoms with van der Waals surface area (Å²) in [6.45, 7) is 5.60. The predicted molar refractivity (Wildman–Crippen MR) is 60.9 cm³/mol.